The maximum absolute atomic E-state index is 12.3. The molecule has 5 nitrogen and oxygen atoms in total. The van der Waals surface area contributed by atoms with Crippen molar-refractivity contribution in [2.75, 3.05) is 33.9 Å². The average Bonchev–Trinajstić information content (AvgIpc) is 2.53. The summed E-state index contributed by atoms with van der Waals surface area (Å²) in [6.07, 6.45) is 3.08. The standard InChI is InChI=1S/C15H19BrN2O3.ClH/c1-20-12-7-11(8-13(21-2)14(12)16)15(19)18-9-10-3-5-17-6-4-10;/h3,7-8,17H,4-6,9H2,1-2H3,(H,18,19);1H. The van der Waals surface area contributed by atoms with Crippen LogP contribution in [0.5, 0.6) is 11.5 Å². The highest BCUT2D eigenvalue weighted by molar-refractivity contribution is 9.10. The second kappa shape index (κ2) is 9.02. The Morgan fingerprint density at radius 2 is 1.95 bits per heavy atom. The van der Waals surface area contributed by atoms with Crippen LogP contribution < -0.4 is 20.1 Å². The highest BCUT2D eigenvalue weighted by Gasteiger charge is 2.15. The van der Waals surface area contributed by atoms with Gasteiger partial charge in [0.1, 0.15) is 16.0 Å². The summed E-state index contributed by atoms with van der Waals surface area (Å²) in [5, 5.41) is 6.17. The van der Waals surface area contributed by atoms with Crippen molar-refractivity contribution in [1.82, 2.24) is 10.6 Å². The van der Waals surface area contributed by atoms with E-state index >= 15 is 0 Å². The van der Waals surface area contributed by atoms with Gasteiger partial charge < -0.3 is 20.1 Å². The molecule has 0 radical (unpaired) electrons. The summed E-state index contributed by atoms with van der Waals surface area (Å²) in [5.41, 5.74) is 1.76. The Balaban J connectivity index is 0.00000242. The lowest BCUT2D eigenvalue weighted by atomic mass is 10.1. The summed E-state index contributed by atoms with van der Waals surface area (Å²) in [6, 6.07) is 3.39. The van der Waals surface area contributed by atoms with E-state index in [0.717, 1.165) is 19.5 Å². The molecule has 1 amide bonds. The molecule has 1 heterocycles. The van der Waals surface area contributed by atoms with E-state index in [9.17, 15) is 4.79 Å². The monoisotopic (exact) mass is 390 g/mol. The Kier molecular flexibility index (Phi) is 7.72. The molecule has 0 bridgehead atoms. The Morgan fingerprint density at radius 3 is 2.45 bits per heavy atom. The Morgan fingerprint density at radius 1 is 1.32 bits per heavy atom. The van der Waals surface area contributed by atoms with Crippen LogP contribution in [0.2, 0.25) is 0 Å². The highest BCUT2D eigenvalue weighted by atomic mass is 79.9. The van der Waals surface area contributed by atoms with Gasteiger partial charge in [-0.2, -0.15) is 0 Å². The van der Waals surface area contributed by atoms with Gasteiger partial charge in [0.25, 0.3) is 5.91 Å². The predicted molar refractivity (Wildman–Crippen MR) is 92.4 cm³/mol. The zero-order chi connectivity index (χ0) is 15.2. The molecular weight excluding hydrogens is 372 g/mol. The quantitative estimate of drug-likeness (QED) is 0.757. The van der Waals surface area contributed by atoms with E-state index in [-0.39, 0.29) is 18.3 Å². The van der Waals surface area contributed by atoms with Crippen LogP contribution in [-0.2, 0) is 0 Å². The second-order valence-electron chi connectivity index (χ2n) is 4.69. The highest BCUT2D eigenvalue weighted by Crippen LogP contribution is 2.35. The SMILES string of the molecule is COc1cc(C(=O)NCC2=CCNCC2)cc(OC)c1Br.Cl. The summed E-state index contributed by atoms with van der Waals surface area (Å²) in [5.74, 6) is 1.000. The maximum atomic E-state index is 12.3. The first-order valence-corrected chi connectivity index (χ1v) is 7.53. The van der Waals surface area contributed by atoms with Crippen LogP contribution in [0.3, 0.4) is 0 Å². The molecule has 0 spiro atoms. The van der Waals surface area contributed by atoms with Crippen LogP contribution in [0.25, 0.3) is 0 Å². The molecule has 0 fully saturated rings. The largest absolute Gasteiger partial charge is 0.495 e. The third-order valence-electron chi connectivity index (χ3n) is 3.34. The van der Waals surface area contributed by atoms with E-state index in [1.165, 1.54) is 5.57 Å². The predicted octanol–water partition coefficient (Wildman–Crippen LogP) is 2.54. The lowest BCUT2D eigenvalue weighted by molar-refractivity contribution is 0.0956. The summed E-state index contributed by atoms with van der Waals surface area (Å²) in [7, 11) is 3.11. The average molecular weight is 392 g/mol. The van der Waals surface area contributed by atoms with Crippen LogP contribution >= 0.6 is 28.3 Å². The number of benzene rings is 1. The van der Waals surface area contributed by atoms with Crippen LogP contribution in [-0.4, -0.2) is 39.8 Å². The third kappa shape index (κ3) is 4.63. The number of hydrogen-bond acceptors (Lipinski definition) is 4. The molecule has 2 rings (SSSR count). The molecule has 0 aliphatic carbocycles. The third-order valence-corrected chi connectivity index (χ3v) is 4.12. The van der Waals surface area contributed by atoms with E-state index in [1.54, 1.807) is 26.4 Å². The topological polar surface area (TPSA) is 59.6 Å². The molecule has 122 valence electrons. The zero-order valence-electron chi connectivity index (χ0n) is 12.6. The number of rotatable bonds is 5. The van der Waals surface area contributed by atoms with Crippen molar-refractivity contribution in [3.8, 4) is 11.5 Å². The van der Waals surface area contributed by atoms with Crippen LogP contribution in [0.1, 0.15) is 16.8 Å². The van der Waals surface area contributed by atoms with Gasteiger partial charge in [0.15, 0.2) is 0 Å². The fourth-order valence-electron chi connectivity index (χ4n) is 2.13. The molecule has 1 aliphatic rings. The maximum Gasteiger partial charge on any atom is 0.251 e. The van der Waals surface area contributed by atoms with Crippen LogP contribution in [0.4, 0.5) is 0 Å². The van der Waals surface area contributed by atoms with E-state index in [4.69, 9.17) is 9.47 Å². The van der Waals surface area contributed by atoms with Crippen molar-refractivity contribution in [3.05, 3.63) is 33.8 Å². The Labute approximate surface area is 145 Å². The minimum absolute atomic E-state index is 0. The molecule has 2 N–H and O–H groups in total. The molecule has 0 saturated carbocycles. The molecule has 1 aliphatic heterocycles. The number of halogens is 2. The van der Waals surface area contributed by atoms with Gasteiger partial charge in [0.2, 0.25) is 0 Å². The summed E-state index contributed by atoms with van der Waals surface area (Å²) in [6.45, 7) is 2.40. The van der Waals surface area contributed by atoms with E-state index in [1.807, 2.05) is 0 Å². The molecular formula is C15H20BrClN2O3. The van der Waals surface area contributed by atoms with E-state index in [0.29, 0.717) is 28.1 Å². The van der Waals surface area contributed by atoms with Crippen LogP contribution in [0, 0.1) is 0 Å². The lowest BCUT2D eigenvalue weighted by Crippen LogP contribution is -2.29. The van der Waals surface area contributed by atoms with E-state index < -0.39 is 0 Å². The number of carbonyl (C=O) groups excluding carboxylic acids is 1. The summed E-state index contributed by atoms with van der Waals surface area (Å²) in [4.78, 5) is 12.3. The number of carbonyl (C=O) groups is 1. The summed E-state index contributed by atoms with van der Waals surface area (Å²) < 4.78 is 11.2. The Bertz CT molecular complexity index is 539. The number of methoxy groups -OCH3 is 2. The van der Waals surface area contributed by atoms with Crippen LogP contribution in [0.15, 0.2) is 28.3 Å². The van der Waals surface area contributed by atoms with E-state index in [2.05, 4.69) is 32.6 Å². The molecule has 0 aromatic heterocycles. The molecule has 1 aromatic carbocycles. The van der Waals surface area contributed by atoms with Gasteiger partial charge in [-0.1, -0.05) is 11.6 Å². The smallest absolute Gasteiger partial charge is 0.251 e. The van der Waals surface area contributed by atoms with Crippen molar-refractivity contribution in [2.24, 2.45) is 0 Å². The first kappa shape index (κ1) is 18.8. The molecule has 22 heavy (non-hydrogen) atoms. The number of amides is 1. The summed E-state index contributed by atoms with van der Waals surface area (Å²) >= 11 is 3.39. The van der Waals surface area contributed by atoms with Gasteiger partial charge >= 0.3 is 0 Å². The van der Waals surface area contributed by atoms with Gasteiger partial charge in [0, 0.05) is 18.7 Å². The normalized spacial score (nSPS) is 13.7. The minimum atomic E-state index is -0.140. The first-order chi connectivity index (χ1) is 10.2. The van der Waals surface area contributed by atoms with Crippen molar-refractivity contribution < 1.29 is 14.3 Å². The van der Waals surface area contributed by atoms with Gasteiger partial charge in [-0.15, -0.1) is 12.4 Å². The number of ether oxygens (including phenoxy) is 2. The van der Waals surface area contributed by atoms with Gasteiger partial charge in [-0.25, -0.2) is 0 Å². The lowest BCUT2D eigenvalue weighted by Gasteiger charge is -2.15. The van der Waals surface area contributed by atoms with Crippen molar-refractivity contribution in [2.45, 2.75) is 6.42 Å². The number of nitrogens with one attached hydrogen (secondary N) is 2. The van der Waals surface area contributed by atoms with Crippen molar-refractivity contribution >= 4 is 34.2 Å². The van der Waals surface area contributed by atoms with Gasteiger partial charge in [-0.3, -0.25) is 4.79 Å². The molecule has 0 unspecified atom stereocenters. The Hall–Kier alpha value is -1.24. The minimum Gasteiger partial charge on any atom is -0.495 e. The molecule has 7 heteroatoms. The molecule has 0 atom stereocenters. The van der Waals surface area contributed by atoms with Gasteiger partial charge in [0.05, 0.1) is 14.2 Å². The van der Waals surface area contributed by atoms with Crippen molar-refractivity contribution in [3.63, 3.8) is 0 Å². The first-order valence-electron chi connectivity index (χ1n) is 6.74. The second-order valence-corrected chi connectivity index (χ2v) is 5.49. The molecule has 1 aromatic rings. The zero-order valence-corrected chi connectivity index (χ0v) is 15.0. The number of hydrogen-bond donors (Lipinski definition) is 2. The fourth-order valence-corrected chi connectivity index (χ4v) is 2.68. The van der Waals surface area contributed by atoms with Crippen molar-refractivity contribution in [1.29, 1.82) is 0 Å². The van der Waals surface area contributed by atoms with Gasteiger partial charge in [-0.05, 0) is 41.0 Å². The fraction of sp³-hybridized carbons (Fsp3) is 0.400. The molecule has 0 saturated heterocycles.